The third-order valence-corrected chi connectivity index (χ3v) is 12.8. The van der Waals surface area contributed by atoms with E-state index in [1.54, 1.807) is 44.3 Å². The van der Waals surface area contributed by atoms with Crippen molar-refractivity contribution in [2.45, 2.75) is 120 Å². The van der Waals surface area contributed by atoms with Gasteiger partial charge in [-0.05, 0) is 76.6 Å². The van der Waals surface area contributed by atoms with Crippen LogP contribution >= 0.6 is 0 Å². The highest BCUT2D eigenvalue weighted by atomic mass is 32.2. The summed E-state index contributed by atoms with van der Waals surface area (Å²) in [7, 11) is -2.70. The van der Waals surface area contributed by atoms with Crippen LogP contribution in [-0.4, -0.2) is 95.8 Å². The van der Waals surface area contributed by atoms with Crippen molar-refractivity contribution in [1.82, 2.24) is 30.1 Å². The molecule has 3 heterocycles. The van der Waals surface area contributed by atoms with E-state index >= 15 is 0 Å². The van der Waals surface area contributed by atoms with Crippen molar-refractivity contribution in [1.29, 1.82) is 0 Å². The first kappa shape index (κ1) is 40.7. The molecule has 1 saturated carbocycles. The van der Waals surface area contributed by atoms with Crippen molar-refractivity contribution in [2.24, 2.45) is 5.92 Å². The van der Waals surface area contributed by atoms with E-state index in [0.29, 0.717) is 29.5 Å². The number of hydrogen-bond acceptors (Lipinski definition) is 8. The van der Waals surface area contributed by atoms with Gasteiger partial charge in [0.15, 0.2) is 0 Å². The summed E-state index contributed by atoms with van der Waals surface area (Å²) in [6.45, 7) is 7.10. The largest absolute Gasteiger partial charge is 0.444 e. The first-order chi connectivity index (χ1) is 26.4. The van der Waals surface area contributed by atoms with Gasteiger partial charge < -0.3 is 25.2 Å². The maximum absolute atomic E-state index is 14.5. The number of hydrogen-bond donors (Lipinski definition) is 3. The van der Waals surface area contributed by atoms with Gasteiger partial charge in [-0.1, -0.05) is 55.3 Å². The molecule has 302 valence electrons. The number of allylic oxidation sites excluding steroid dienone is 1. The number of aryl methyl sites for hydroxylation is 1. The maximum Gasteiger partial charge on any atom is 0.410 e. The maximum atomic E-state index is 14.5. The van der Waals surface area contributed by atoms with Gasteiger partial charge in [-0.25, -0.2) is 27.1 Å². The SMILES string of the molecule is Cc1ccccc1S(=O)(=O)NC(=O)[C@@]12C[C@H]1/C=C\CCCCC[C@H](NC(=O)N(C)C(C)(C)C)C(=O)N1C[C@H](OC(=O)N3Cc4cccc(F)c4C3)C[C@H]1C(=O)N2. The Balaban J connectivity index is 1.28. The average molecular weight is 795 g/mol. The lowest BCUT2D eigenvalue weighted by molar-refractivity contribution is -0.141. The summed E-state index contributed by atoms with van der Waals surface area (Å²) in [6, 6.07) is 8.08. The number of nitrogens with zero attached hydrogens (tertiary/aromatic N) is 3. The molecule has 2 fully saturated rings. The minimum absolute atomic E-state index is 0.00648. The van der Waals surface area contributed by atoms with Crippen molar-refractivity contribution in [3.63, 3.8) is 0 Å². The minimum atomic E-state index is -4.32. The number of amides is 6. The number of sulfonamides is 1. The molecule has 2 aromatic rings. The number of nitrogens with one attached hydrogen (secondary N) is 3. The van der Waals surface area contributed by atoms with Crippen LogP contribution in [0.4, 0.5) is 14.0 Å². The second-order valence-electron chi connectivity index (χ2n) is 16.3. The molecule has 1 saturated heterocycles. The van der Waals surface area contributed by atoms with Crippen LogP contribution in [0.25, 0.3) is 0 Å². The van der Waals surface area contributed by atoms with Gasteiger partial charge >= 0.3 is 12.1 Å². The number of ether oxygens (including phenoxy) is 1. The van der Waals surface area contributed by atoms with Crippen molar-refractivity contribution in [2.75, 3.05) is 13.6 Å². The Labute approximate surface area is 327 Å². The molecule has 2 aromatic carbocycles. The molecule has 1 aliphatic carbocycles. The van der Waals surface area contributed by atoms with Crippen LogP contribution < -0.4 is 15.4 Å². The molecule has 0 aromatic heterocycles. The quantitative estimate of drug-likeness (QED) is 0.377. The summed E-state index contributed by atoms with van der Waals surface area (Å²) in [6.07, 6.45) is 4.98. The van der Waals surface area contributed by atoms with Gasteiger partial charge in [0, 0.05) is 37.0 Å². The molecule has 3 N–H and O–H groups in total. The molecule has 6 amide bonds. The van der Waals surface area contributed by atoms with Gasteiger partial charge in [-0.3, -0.25) is 19.3 Å². The number of carbonyl (C=O) groups excluding carboxylic acids is 5. The lowest BCUT2D eigenvalue weighted by Crippen LogP contribution is -2.59. The van der Waals surface area contributed by atoms with E-state index in [1.807, 2.05) is 32.9 Å². The fourth-order valence-corrected chi connectivity index (χ4v) is 8.85. The zero-order valence-corrected chi connectivity index (χ0v) is 33.3. The molecule has 56 heavy (non-hydrogen) atoms. The monoisotopic (exact) mass is 794 g/mol. The molecule has 0 radical (unpaired) electrons. The minimum Gasteiger partial charge on any atom is -0.444 e. The van der Waals surface area contributed by atoms with E-state index in [-0.39, 0.29) is 43.8 Å². The summed E-state index contributed by atoms with van der Waals surface area (Å²) in [5.41, 5.74) is -0.729. The molecule has 5 atom stereocenters. The number of carbonyl (C=O) groups is 5. The molecule has 6 rings (SSSR count). The fraction of sp³-hybridized carbons (Fsp3) is 0.525. The Hall–Kier alpha value is -4.99. The second-order valence-corrected chi connectivity index (χ2v) is 17.9. The van der Waals surface area contributed by atoms with E-state index < -0.39 is 80.9 Å². The standard InChI is InChI=1S/C40H51FN6O8S/c1-25-14-11-12-19-33(25)56(53,54)44-36(50)40-21-27(40)16-9-7-6-8-10-18-31(42-37(51)45(5)39(2,3)4)35(49)47-23-28(20-32(47)34(48)43-40)55-38(52)46-22-26-15-13-17-30(41)29(26)24-46/h9,11-17,19,27-28,31-32H,6-8,10,18,20-24H2,1-5H3,(H,42,51)(H,43,48)(H,44,50)/b16-9-/t27-,28-,31+,32+,40-/m1/s1. The number of benzene rings is 2. The number of urea groups is 1. The van der Waals surface area contributed by atoms with Crippen LogP contribution in [0.5, 0.6) is 0 Å². The fourth-order valence-electron chi connectivity index (χ4n) is 7.57. The third kappa shape index (κ3) is 8.54. The van der Waals surface area contributed by atoms with Gasteiger partial charge in [-0.2, -0.15) is 0 Å². The smallest absolute Gasteiger partial charge is 0.410 e. The van der Waals surface area contributed by atoms with Crippen LogP contribution in [-0.2, 0) is 42.2 Å². The number of halogens is 1. The molecule has 0 unspecified atom stereocenters. The molecular formula is C40H51FN6O8S. The molecule has 3 aliphatic heterocycles. The van der Waals surface area contributed by atoms with Gasteiger partial charge in [0.05, 0.1) is 18.0 Å². The van der Waals surface area contributed by atoms with Crippen molar-refractivity contribution in [3.8, 4) is 0 Å². The van der Waals surface area contributed by atoms with E-state index in [1.165, 1.54) is 26.8 Å². The topological polar surface area (TPSA) is 175 Å². The zero-order valence-electron chi connectivity index (χ0n) is 32.5. The van der Waals surface area contributed by atoms with Gasteiger partial charge in [0.1, 0.15) is 29.5 Å². The Bertz CT molecular complexity index is 2040. The first-order valence-corrected chi connectivity index (χ1v) is 20.6. The van der Waals surface area contributed by atoms with Crippen LogP contribution in [0.15, 0.2) is 59.5 Å². The number of rotatable bonds is 5. The summed E-state index contributed by atoms with van der Waals surface area (Å²) >= 11 is 0. The lowest BCUT2D eigenvalue weighted by atomic mass is 10.0. The molecule has 16 heteroatoms. The highest BCUT2D eigenvalue weighted by molar-refractivity contribution is 7.90. The summed E-state index contributed by atoms with van der Waals surface area (Å²) < 4.78 is 49.4. The van der Waals surface area contributed by atoms with E-state index in [9.17, 15) is 36.8 Å². The van der Waals surface area contributed by atoms with Crippen LogP contribution in [0.1, 0.15) is 82.4 Å². The van der Waals surface area contributed by atoms with Crippen LogP contribution in [0.2, 0.25) is 0 Å². The summed E-state index contributed by atoms with van der Waals surface area (Å²) in [4.78, 5) is 73.8. The molecule has 0 bridgehead atoms. The Morgan fingerprint density at radius 1 is 1.04 bits per heavy atom. The summed E-state index contributed by atoms with van der Waals surface area (Å²) in [5, 5.41) is 5.68. The average Bonchev–Trinajstić information content (AvgIpc) is 3.42. The van der Waals surface area contributed by atoms with Crippen molar-refractivity contribution in [3.05, 3.63) is 77.1 Å². The predicted octanol–water partition coefficient (Wildman–Crippen LogP) is 4.26. The molecular weight excluding hydrogens is 744 g/mol. The van der Waals surface area contributed by atoms with E-state index in [0.717, 1.165) is 12.8 Å². The second kappa shape index (κ2) is 15.9. The molecule has 4 aliphatic rings. The number of fused-ring (bicyclic) bond motifs is 3. The van der Waals surface area contributed by atoms with Gasteiger partial charge in [0.2, 0.25) is 11.8 Å². The molecule has 14 nitrogen and oxygen atoms in total. The van der Waals surface area contributed by atoms with Crippen LogP contribution in [0, 0.1) is 18.7 Å². The van der Waals surface area contributed by atoms with Crippen LogP contribution in [0.3, 0.4) is 0 Å². The Morgan fingerprint density at radius 3 is 2.50 bits per heavy atom. The van der Waals surface area contributed by atoms with E-state index in [2.05, 4.69) is 15.4 Å². The third-order valence-electron chi connectivity index (χ3n) is 11.3. The first-order valence-electron chi connectivity index (χ1n) is 19.1. The summed E-state index contributed by atoms with van der Waals surface area (Å²) in [5.74, 6) is -3.17. The highest BCUT2D eigenvalue weighted by Gasteiger charge is 2.62. The lowest BCUT2D eigenvalue weighted by Gasteiger charge is -2.35. The van der Waals surface area contributed by atoms with Crippen molar-refractivity contribution < 1.29 is 41.5 Å². The van der Waals surface area contributed by atoms with Crippen molar-refractivity contribution >= 4 is 39.9 Å². The van der Waals surface area contributed by atoms with E-state index in [4.69, 9.17) is 4.74 Å². The Kier molecular flexibility index (Phi) is 11.5. The van der Waals surface area contributed by atoms with Gasteiger partial charge in [-0.15, -0.1) is 0 Å². The van der Waals surface area contributed by atoms with Gasteiger partial charge in [0.25, 0.3) is 15.9 Å². The zero-order chi connectivity index (χ0) is 40.6. The Morgan fingerprint density at radius 2 is 1.79 bits per heavy atom. The highest BCUT2D eigenvalue weighted by Crippen LogP contribution is 2.46. The molecule has 0 spiro atoms. The predicted molar refractivity (Wildman–Crippen MR) is 204 cm³/mol. The normalized spacial score (nSPS) is 26.0.